The van der Waals surface area contributed by atoms with Gasteiger partial charge in [0, 0.05) is 6.07 Å². The second-order valence-electron chi connectivity index (χ2n) is 3.41. The highest BCUT2D eigenvalue weighted by Crippen LogP contribution is 2.18. The van der Waals surface area contributed by atoms with Crippen LogP contribution in [0.3, 0.4) is 0 Å². The SMILES string of the molecule is C=C(CC)CC(N)c1ccc(OC)nn1. The Balaban J connectivity index is 2.65. The average molecular weight is 207 g/mol. The van der Waals surface area contributed by atoms with Gasteiger partial charge in [0.05, 0.1) is 18.8 Å². The first-order chi connectivity index (χ1) is 7.17. The minimum absolute atomic E-state index is 0.129. The molecule has 0 aliphatic carbocycles. The highest BCUT2D eigenvalue weighted by atomic mass is 16.5. The molecule has 0 saturated carbocycles. The monoisotopic (exact) mass is 207 g/mol. The minimum atomic E-state index is -0.129. The topological polar surface area (TPSA) is 61.0 Å². The van der Waals surface area contributed by atoms with Crippen LogP contribution in [0.25, 0.3) is 0 Å². The van der Waals surface area contributed by atoms with Crippen LogP contribution < -0.4 is 10.5 Å². The number of ether oxygens (including phenoxy) is 1. The van der Waals surface area contributed by atoms with Crippen molar-refractivity contribution in [3.63, 3.8) is 0 Å². The van der Waals surface area contributed by atoms with E-state index in [9.17, 15) is 0 Å². The van der Waals surface area contributed by atoms with Gasteiger partial charge in [0.15, 0.2) is 0 Å². The second-order valence-corrected chi connectivity index (χ2v) is 3.41. The second kappa shape index (κ2) is 5.46. The number of hydrogen-bond donors (Lipinski definition) is 1. The van der Waals surface area contributed by atoms with Crippen LogP contribution in [0.2, 0.25) is 0 Å². The normalized spacial score (nSPS) is 12.2. The molecule has 1 aromatic rings. The van der Waals surface area contributed by atoms with Crippen molar-refractivity contribution >= 4 is 0 Å². The standard InChI is InChI=1S/C11H17N3O/c1-4-8(2)7-9(12)10-5-6-11(15-3)14-13-10/h5-6,9H,2,4,7,12H2,1,3H3. The molecule has 0 aliphatic rings. The average Bonchev–Trinajstić information content (AvgIpc) is 2.29. The fourth-order valence-electron chi connectivity index (χ4n) is 1.20. The lowest BCUT2D eigenvalue weighted by molar-refractivity contribution is 0.390. The first kappa shape index (κ1) is 11.7. The van der Waals surface area contributed by atoms with E-state index in [1.54, 1.807) is 13.2 Å². The molecule has 82 valence electrons. The molecule has 0 aromatic carbocycles. The maximum absolute atomic E-state index is 5.96. The summed E-state index contributed by atoms with van der Waals surface area (Å²) in [4.78, 5) is 0. The number of nitrogens with two attached hydrogens (primary N) is 1. The Hall–Kier alpha value is -1.42. The van der Waals surface area contributed by atoms with Gasteiger partial charge in [-0.15, -0.1) is 5.10 Å². The molecule has 1 heterocycles. The molecule has 4 nitrogen and oxygen atoms in total. The lowest BCUT2D eigenvalue weighted by Gasteiger charge is -2.11. The molecule has 1 rings (SSSR count). The Kier molecular flexibility index (Phi) is 4.24. The summed E-state index contributed by atoms with van der Waals surface area (Å²) in [5.74, 6) is 0.500. The largest absolute Gasteiger partial charge is 0.480 e. The van der Waals surface area contributed by atoms with E-state index in [4.69, 9.17) is 10.5 Å². The van der Waals surface area contributed by atoms with Crippen LogP contribution in [-0.2, 0) is 0 Å². The smallest absolute Gasteiger partial charge is 0.233 e. The van der Waals surface area contributed by atoms with Gasteiger partial charge in [-0.05, 0) is 18.9 Å². The number of hydrogen-bond acceptors (Lipinski definition) is 4. The molecule has 0 aliphatic heterocycles. The molecule has 0 fully saturated rings. The third-order valence-electron chi connectivity index (χ3n) is 2.26. The van der Waals surface area contributed by atoms with E-state index in [0.717, 1.165) is 24.1 Å². The van der Waals surface area contributed by atoms with Crippen molar-refractivity contribution in [3.8, 4) is 5.88 Å². The molecule has 1 atom stereocenters. The van der Waals surface area contributed by atoms with E-state index in [0.29, 0.717) is 5.88 Å². The number of rotatable bonds is 5. The van der Waals surface area contributed by atoms with Crippen molar-refractivity contribution in [1.29, 1.82) is 0 Å². The molecule has 1 unspecified atom stereocenters. The Bertz CT molecular complexity index is 321. The van der Waals surface area contributed by atoms with Gasteiger partial charge in [-0.25, -0.2) is 0 Å². The van der Waals surface area contributed by atoms with Gasteiger partial charge < -0.3 is 10.5 Å². The van der Waals surface area contributed by atoms with E-state index in [-0.39, 0.29) is 6.04 Å². The summed E-state index contributed by atoms with van der Waals surface area (Å²) in [6.07, 6.45) is 1.69. The summed E-state index contributed by atoms with van der Waals surface area (Å²) >= 11 is 0. The zero-order chi connectivity index (χ0) is 11.3. The fraction of sp³-hybridized carbons (Fsp3) is 0.455. The Morgan fingerprint density at radius 1 is 1.53 bits per heavy atom. The van der Waals surface area contributed by atoms with Gasteiger partial charge in [-0.3, -0.25) is 0 Å². The highest BCUT2D eigenvalue weighted by molar-refractivity contribution is 5.15. The molecule has 4 heteroatoms. The summed E-state index contributed by atoms with van der Waals surface area (Å²) < 4.78 is 4.92. The number of methoxy groups -OCH3 is 1. The quantitative estimate of drug-likeness (QED) is 0.748. The van der Waals surface area contributed by atoms with Gasteiger partial charge in [0.2, 0.25) is 5.88 Å². The lowest BCUT2D eigenvalue weighted by atomic mass is 10.0. The summed E-state index contributed by atoms with van der Waals surface area (Å²) in [5.41, 5.74) is 7.85. The molecule has 0 bridgehead atoms. The molecular weight excluding hydrogens is 190 g/mol. The highest BCUT2D eigenvalue weighted by Gasteiger charge is 2.09. The molecule has 0 amide bonds. The molecule has 0 saturated heterocycles. The van der Waals surface area contributed by atoms with Gasteiger partial charge in [-0.1, -0.05) is 19.1 Å². The minimum Gasteiger partial charge on any atom is -0.480 e. The lowest BCUT2D eigenvalue weighted by Crippen LogP contribution is -2.13. The van der Waals surface area contributed by atoms with Gasteiger partial charge in [0.25, 0.3) is 0 Å². The van der Waals surface area contributed by atoms with Crippen LogP contribution in [-0.4, -0.2) is 17.3 Å². The molecule has 0 spiro atoms. The van der Waals surface area contributed by atoms with E-state index >= 15 is 0 Å². The van der Waals surface area contributed by atoms with Crippen molar-refractivity contribution in [2.24, 2.45) is 5.73 Å². The van der Waals surface area contributed by atoms with E-state index in [1.807, 2.05) is 6.07 Å². The predicted molar refractivity (Wildman–Crippen MR) is 59.6 cm³/mol. The molecule has 15 heavy (non-hydrogen) atoms. The van der Waals surface area contributed by atoms with Crippen LogP contribution >= 0.6 is 0 Å². The van der Waals surface area contributed by atoms with Gasteiger partial charge in [-0.2, -0.15) is 5.10 Å². The summed E-state index contributed by atoms with van der Waals surface area (Å²) in [5, 5.41) is 7.87. The first-order valence-corrected chi connectivity index (χ1v) is 4.97. The van der Waals surface area contributed by atoms with Crippen molar-refractivity contribution in [3.05, 3.63) is 30.0 Å². The third-order valence-corrected chi connectivity index (χ3v) is 2.26. The predicted octanol–water partition coefficient (Wildman–Crippen LogP) is 1.84. The van der Waals surface area contributed by atoms with E-state index in [2.05, 4.69) is 23.7 Å². The Morgan fingerprint density at radius 3 is 2.73 bits per heavy atom. The zero-order valence-corrected chi connectivity index (χ0v) is 9.23. The fourth-order valence-corrected chi connectivity index (χ4v) is 1.20. The number of nitrogens with zero attached hydrogens (tertiary/aromatic N) is 2. The third kappa shape index (κ3) is 3.32. The van der Waals surface area contributed by atoms with Gasteiger partial charge >= 0.3 is 0 Å². The van der Waals surface area contributed by atoms with Crippen LogP contribution in [0.5, 0.6) is 5.88 Å². The maximum atomic E-state index is 5.96. The molecular formula is C11H17N3O. The van der Waals surface area contributed by atoms with Crippen molar-refractivity contribution in [2.75, 3.05) is 7.11 Å². The van der Waals surface area contributed by atoms with Crippen molar-refractivity contribution in [2.45, 2.75) is 25.8 Å². The van der Waals surface area contributed by atoms with Crippen LogP contribution in [0.4, 0.5) is 0 Å². The molecule has 1 aromatic heterocycles. The van der Waals surface area contributed by atoms with Gasteiger partial charge in [0.1, 0.15) is 0 Å². The van der Waals surface area contributed by atoms with Crippen molar-refractivity contribution in [1.82, 2.24) is 10.2 Å². The van der Waals surface area contributed by atoms with E-state index in [1.165, 1.54) is 0 Å². The summed E-state index contributed by atoms with van der Waals surface area (Å²) in [6, 6.07) is 3.46. The summed E-state index contributed by atoms with van der Waals surface area (Å²) in [7, 11) is 1.56. The Labute approximate surface area is 90.2 Å². The Morgan fingerprint density at radius 2 is 2.27 bits per heavy atom. The van der Waals surface area contributed by atoms with Crippen LogP contribution in [0, 0.1) is 0 Å². The van der Waals surface area contributed by atoms with E-state index < -0.39 is 0 Å². The van der Waals surface area contributed by atoms with Crippen molar-refractivity contribution < 1.29 is 4.74 Å². The summed E-state index contributed by atoms with van der Waals surface area (Å²) in [6.45, 7) is 5.98. The molecule has 2 N–H and O–H groups in total. The van der Waals surface area contributed by atoms with Crippen LogP contribution in [0.15, 0.2) is 24.3 Å². The molecule has 0 radical (unpaired) electrons. The maximum Gasteiger partial charge on any atom is 0.233 e. The zero-order valence-electron chi connectivity index (χ0n) is 9.23. The first-order valence-electron chi connectivity index (χ1n) is 4.97. The number of aromatic nitrogens is 2. The van der Waals surface area contributed by atoms with Crippen LogP contribution in [0.1, 0.15) is 31.5 Å².